The Hall–Kier alpha value is -3.68. The molecule has 3 aromatic rings. The van der Waals surface area contributed by atoms with E-state index in [1.807, 2.05) is 35.4 Å². The zero-order valence-electron chi connectivity index (χ0n) is 21.0. The summed E-state index contributed by atoms with van der Waals surface area (Å²) in [6.07, 6.45) is 8.56. The maximum Gasteiger partial charge on any atom is 0.263 e. The number of pyridine rings is 1. The Morgan fingerprint density at radius 3 is 2.61 bits per heavy atom. The van der Waals surface area contributed by atoms with Crippen molar-refractivity contribution in [2.24, 2.45) is 5.92 Å². The number of carbonyl (C=O) groups excluding carboxylic acids is 3. The molecule has 1 fully saturated rings. The first-order valence-corrected chi connectivity index (χ1v) is 12.7. The average Bonchev–Trinajstić information content (AvgIpc) is 3.37. The molecule has 1 saturated heterocycles. The summed E-state index contributed by atoms with van der Waals surface area (Å²) < 4.78 is 1.46. The highest BCUT2D eigenvalue weighted by atomic mass is 16.2. The first-order chi connectivity index (χ1) is 17.4. The zero-order valence-corrected chi connectivity index (χ0v) is 21.0. The highest BCUT2D eigenvalue weighted by Gasteiger charge is 2.21. The number of likely N-dealkylation sites (tertiary alicyclic amines) is 1. The summed E-state index contributed by atoms with van der Waals surface area (Å²) in [4.78, 5) is 55.1. The van der Waals surface area contributed by atoms with E-state index < -0.39 is 11.5 Å². The van der Waals surface area contributed by atoms with Crippen LogP contribution in [0, 0.1) is 5.92 Å². The summed E-state index contributed by atoms with van der Waals surface area (Å²) in [7, 11) is 1.47. The summed E-state index contributed by atoms with van der Waals surface area (Å²) >= 11 is 0. The van der Waals surface area contributed by atoms with Crippen LogP contribution in [0.2, 0.25) is 0 Å². The van der Waals surface area contributed by atoms with Gasteiger partial charge in [-0.1, -0.05) is 25.0 Å². The third-order valence-electron chi connectivity index (χ3n) is 7.23. The number of ketones is 1. The third-order valence-corrected chi connectivity index (χ3v) is 7.23. The molecule has 2 amide bonds. The lowest BCUT2D eigenvalue weighted by Gasteiger charge is -2.31. The van der Waals surface area contributed by atoms with E-state index in [-0.39, 0.29) is 23.8 Å². The predicted molar refractivity (Wildman–Crippen MR) is 139 cm³/mol. The van der Waals surface area contributed by atoms with E-state index in [0.717, 1.165) is 61.7 Å². The van der Waals surface area contributed by atoms with E-state index in [1.165, 1.54) is 17.7 Å². The van der Waals surface area contributed by atoms with Crippen molar-refractivity contribution in [2.75, 3.05) is 20.1 Å². The van der Waals surface area contributed by atoms with E-state index in [2.05, 4.69) is 10.3 Å². The fourth-order valence-corrected chi connectivity index (χ4v) is 5.07. The maximum absolute atomic E-state index is 13.1. The molecule has 0 unspecified atom stereocenters. The number of nitrogens with one attached hydrogen (secondary N) is 2. The predicted octanol–water partition coefficient (Wildman–Crippen LogP) is 3.74. The Morgan fingerprint density at radius 2 is 1.89 bits per heavy atom. The van der Waals surface area contributed by atoms with Gasteiger partial charge in [0.25, 0.3) is 11.5 Å². The second-order valence-corrected chi connectivity index (χ2v) is 9.63. The molecule has 2 N–H and O–H groups in total. The number of hydrogen-bond donors (Lipinski definition) is 2. The molecule has 0 aliphatic carbocycles. The zero-order chi connectivity index (χ0) is 25.7. The summed E-state index contributed by atoms with van der Waals surface area (Å²) in [6.45, 7) is 3.52. The number of amides is 2. The van der Waals surface area contributed by atoms with Gasteiger partial charge in [0.15, 0.2) is 5.78 Å². The quantitative estimate of drug-likeness (QED) is 0.352. The summed E-state index contributed by atoms with van der Waals surface area (Å²) in [5.74, 6) is 0.162. The lowest BCUT2D eigenvalue weighted by atomic mass is 9.91. The van der Waals surface area contributed by atoms with Crippen molar-refractivity contribution >= 4 is 28.5 Å². The molecule has 0 spiro atoms. The van der Waals surface area contributed by atoms with Gasteiger partial charge < -0.3 is 19.8 Å². The van der Waals surface area contributed by atoms with Crippen molar-refractivity contribution in [1.82, 2.24) is 19.8 Å². The van der Waals surface area contributed by atoms with Crippen LogP contribution in [0.15, 0.2) is 47.5 Å². The van der Waals surface area contributed by atoms with Crippen LogP contribution >= 0.6 is 0 Å². The molecule has 1 aromatic carbocycles. The van der Waals surface area contributed by atoms with Crippen LogP contribution in [0.1, 0.15) is 71.7 Å². The molecule has 4 rings (SSSR count). The highest BCUT2D eigenvalue weighted by molar-refractivity contribution is 6.00. The van der Waals surface area contributed by atoms with E-state index in [0.29, 0.717) is 17.9 Å². The number of aromatic nitrogens is 2. The number of piperidine rings is 1. The summed E-state index contributed by atoms with van der Waals surface area (Å²) in [6, 6.07) is 9.20. The number of H-pyrrole nitrogens is 1. The Morgan fingerprint density at radius 1 is 1.11 bits per heavy atom. The molecule has 2 aromatic heterocycles. The van der Waals surface area contributed by atoms with Gasteiger partial charge in [-0.3, -0.25) is 19.2 Å². The minimum Gasteiger partial charge on any atom is -0.361 e. The smallest absolute Gasteiger partial charge is 0.263 e. The number of aromatic amines is 1. The Balaban J connectivity index is 1.44. The number of benzene rings is 1. The van der Waals surface area contributed by atoms with Crippen molar-refractivity contribution in [2.45, 2.75) is 52.0 Å². The van der Waals surface area contributed by atoms with Crippen molar-refractivity contribution in [1.29, 1.82) is 0 Å². The van der Waals surface area contributed by atoms with Gasteiger partial charge in [-0.25, -0.2) is 0 Å². The van der Waals surface area contributed by atoms with E-state index >= 15 is 0 Å². The fraction of sp³-hybridized carbons (Fsp3) is 0.429. The lowest BCUT2D eigenvalue weighted by Crippen LogP contribution is -2.36. The molecular formula is C28H34N4O4. The molecule has 8 heteroatoms. The average molecular weight is 491 g/mol. The number of unbranched alkanes of at least 4 members (excludes halogenated alkanes) is 1. The minimum absolute atomic E-state index is 0.0261. The number of nitrogens with zero attached hydrogens (tertiary/aromatic N) is 2. The van der Waals surface area contributed by atoms with Crippen LogP contribution in [0.25, 0.3) is 10.9 Å². The standard InChI is InChI=1S/C28H34N4O4/c1-19(33)31-14-11-20(12-15-31)6-3-4-9-26(34)22-16-24(27(35)29-2)28(36)32(18-22)17-21-7-5-8-25-23(21)10-13-30-25/h5,7-8,10,13,16,18,20,30H,3-4,6,9,11-12,14-15,17H2,1-2H3,(H,29,35). The molecule has 190 valence electrons. The molecule has 1 aliphatic heterocycles. The molecule has 8 nitrogen and oxygen atoms in total. The Kier molecular flexibility index (Phi) is 8.03. The van der Waals surface area contributed by atoms with Crippen molar-refractivity contribution in [3.8, 4) is 0 Å². The van der Waals surface area contributed by atoms with Gasteiger partial charge in [0.05, 0.1) is 6.54 Å². The van der Waals surface area contributed by atoms with Crippen molar-refractivity contribution in [3.05, 3.63) is 69.8 Å². The lowest BCUT2D eigenvalue weighted by molar-refractivity contribution is -0.130. The van der Waals surface area contributed by atoms with Gasteiger partial charge in [0.1, 0.15) is 5.56 Å². The van der Waals surface area contributed by atoms with Crippen molar-refractivity contribution in [3.63, 3.8) is 0 Å². The SMILES string of the molecule is CNC(=O)c1cc(C(=O)CCCCC2CCN(C(C)=O)CC2)cn(Cc2cccc3[nH]ccc23)c1=O. The fourth-order valence-electron chi connectivity index (χ4n) is 5.07. The van der Waals surface area contributed by atoms with Crippen LogP contribution in [0.5, 0.6) is 0 Å². The van der Waals surface area contributed by atoms with Gasteiger partial charge >= 0.3 is 0 Å². The number of carbonyl (C=O) groups is 3. The van der Waals surface area contributed by atoms with Gasteiger partial charge in [0.2, 0.25) is 5.91 Å². The molecule has 0 bridgehead atoms. The summed E-state index contributed by atoms with van der Waals surface area (Å²) in [5.41, 5.74) is 1.83. The molecule has 0 radical (unpaired) electrons. The summed E-state index contributed by atoms with van der Waals surface area (Å²) in [5, 5.41) is 3.51. The van der Waals surface area contributed by atoms with Gasteiger partial charge in [-0.2, -0.15) is 0 Å². The number of fused-ring (bicyclic) bond motifs is 1. The maximum atomic E-state index is 13.1. The van der Waals surface area contributed by atoms with Crippen LogP contribution < -0.4 is 10.9 Å². The second kappa shape index (κ2) is 11.4. The topological polar surface area (TPSA) is 104 Å². The molecule has 3 heterocycles. The third kappa shape index (κ3) is 5.75. The first kappa shape index (κ1) is 25.4. The monoisotopic (exact) mass is 490 g/mol. The molecule has 36 heavy (non-hydrogen) atoms. The Bertz CT molecular complexity index is 1310. The Labute approximate surface area is 210 Å². The van der Waals surface area contributed by atoms with E-state index in [9.17, 15) is 19.2 Å². The van der Waals surface area contributed by atoms with Gasteiger partial charge in [-0.05, 0) is 48.9 Å². The van der Waals surface area contributed by atoms with E-state index in [4.69, 9.17) is 0 Å². The van der Waals surface area contributed by atoms with Gasteiger partial charge in [-0.15, -0.1) is 0 Å². The van der Waals surface area contributed by atoms with E-state index in [1.54, 1.807) is 13.1 Å². The number of hydrogen-bond acceptors (Lipinski definition) is 4. The molecule has 1 aliphatic rings. The van der Waals surface area contributed by atoms with Crippen LogP contribution in [0.4, 0.5) is 0 Å². The number of rotatable bonds is 9. The second-order valence-electron chi connectivity index (χ2n) is 9.63. The minimum atomic E-state index is -0.500. The van der Waals surface area contributed by atoms with Crippen LogP contribution in [-0.4, -0.2) is 52.2 Å². The molecule has 0 saturated carbocycles. The van der Waals surface area contributed by atoms with Gasteiger partial charge in [0, 0.05) is 62.3 Å². The first-order valence-electron chi connectivity index (χ1n) is 12.7. The highest BCUT2D eigenvalue weighted by Crippen LogP contribution is 2.23. The molecular weight excluding hydrogens is 456 g/mol. The number of Topliss-reactive ketones (excluding diaryl/α,β-unsaturated/α-hetero) is 1. The molecule has 0 atom stereocenters. The van der Waals surface area contributed by atoms with Crippen molar-refractivity contribution < 1.29 is 14.4 Å². The van der Waals surface area contributed by atoms with Crippen LogP contribution in [0.3, 0.4) is 0 Å². The largest absolute Gasteiger partial charge is 0.361 e. The van der Waals surface area contributed by atoms with Crippen LogP contribution in [-0.2, 0) is 11.3 Å². The normalized spacial score (nSPS) is 14.2.